The number of benzene rings is 1. The number of anilines is 1. The van der Waals surface area contributed by atoms with Crippen molar-refractivity contribution in [2.45, 2.75) is 0 Å². The van der Waals surface area contributed by atoms with E-state index in [2.05, 4.69) is 4.74 Å². The first-order chi connectivity index (χ1) is 7.20. The van der Waals surface area contributed by atoms with E-state index in [9.17, 15) is 4.79 Å². The fourth-order valence-corrected chi connectivity index (χ4v) is 1.43. The molecule has 0 spiro atoms. The van der Waals surface area contributed by atoms with Crippen molar-refractivity contribution in [3.63, 3.8) is 0 Å². The van der Waals surface area contributed by atoms with Gasteiger partial charge in [0.1, 0.15) is 12.4 Å². The van der Waals surface area contributed by atoms with Gasteiger partial charge >= 0.3 is 5.97 Å². The summed E-state index contributed by atoms with van der Waals surface area (Å²) >= 11 is 0. The third-order valence-electron chi connectivity index (χ3n) is 2.20. The molecule has 0 fully saturated rings. The zero-order valence-electron chi connectivity index (χ0n) is 8.32. The van der Waals surface area contributed by atoms with Gasteiger partial charge in [-0.05, 0) is 18.2 Å². The topological polar surface area (TPSA) is 61.5 Å². The second-order valence-corrected chi connectivity index (χ2v) is 3.25. The molecule has 1 aromatic carbocycles. The van der Waals surface area contributed by atoms with E-state index in [1.165, 1.54) is 7.11 Å². The number of ether oxygens (including phenoxy) is 2. The van der Waals surface area contributed by atoms with E-state index in [0.29, 0.717) is 17.0 Å². The highest BCUT2D eigenvalue weighted by molar-refractivity contribution is 5.95. The Morgan fingerprint density at radius 1 is 1.53 bits per heavy atom. The van der Waals surface area contributed by atoms with Crippen LogP contribution < -0.4 is 10.5 Å². The summed E-state index contributed by atoms with van der Waals surface area (Å²) in [6, 6.07) is 5.31. The van der Waals surface area contributed by atoms with Gasteiger partial charge in [0.25, 0.3) is 0 Å². The molecule has 0 bridgehead atoms. The predicted molar refractivity (Wildman–Crippen MR) is 56.3 cm³/mol. The van der Waals surface area contributed by atoms with Gasteiger partial charge in [-0.1, -0.05) is 0 Å². The molecule has 0 atom stereocenters. The predicted octanol–water partition coefficient (Wildman–Crippen LogP) is 1.22. The molecule has 0 saturated heterocycles. The maximum atomic E-state index is 11.2. The molecule has 4 heteroatoms. The number of hydrogen-bond donors (Lipinski definition) is 1. The van der Waals surface area contributed by atoms with Crippen molar-refractivity contribution in [3.05, 3.63) is 29.3 Å². The van der Waals surface area contributed by atoms with Crippen LogP contribution in [0.4, 0.5) is 5.69 Å². The highest BCUT2D eigenvalue weighted by Gasteiger charge is 2.17. The lowest BCUT2D eigenvalue weighted by molar-refractivity contribution is -0.136. The maximum absolute atomic E-state index is 11.2. The summed E-state index contributed by atoms with van der Waals surface area (Å²) < 4.78 is 10.0. The van der Waals surface area contributed by atoms with Crippen LogP contribution in [0.3, 0.4) is 0 Å². The van der Waals surface area contributed by atoms with Gasteiger partial charge in [-0.3, -0.25) is 0 Å². The zero-order valence-corrected chi connectivity index (χ0v) is 8.32. The molecule has 0 saturated carbocycles. The lowest BCUT2D eigenvalue weighted by atomic mass is 10.1. The third-order valence-corrected chi connectivity index (χ3v) is 2.20. The standard InChI is InChI=1S/C11H11NO3/c1-14-11(13)8-4-7-2-3-9(12)5-10(7)15-6-8/h2-5H,6,12H2,1H3. The monoisotopic (exact) mass is 205 g/mol. The molecule has 4 nitrogen and oxygen atoms in total. The molecule has 1 heterocycles. The number of carbonyl (C=O) groups excluding carboxylic acids is 1. The summed E-state index contributed by atoms with van der Waals surface area (Å²) in [5.74, 6) is 0.333. The van der Waals surface area contributed by atoms with Gasteiger partial charge in [0.15, 0.2) is 0 Å². The van der Waals surface area contributed by atoms with Crippen molar-refractivity contribution in [2.75, 3.05) is 19.5 Å². The van der Waals surface area contributed by atoms with Crippen LogP contribution in [-0.4, -0.2) is 19.7 Å². The first-order valence-corrected chi connectivity index (χ1v) is 4.52. The summed E-state index contributed by atoms with van der Waals surface area (Å²) in [7, 11) is 1.35. The van der Waals surface area contributed by atoms with Crippen molar-refractivity contribution < 1.29 is 14.3 Å². The molecule has 0 amide bonds. The first kappa shape index (κ1) is 9.58. The Hall–Kier alpha value is -1.97. The lowest BCUT2D eigenvalue weighted by Crippen LogP contribution is -2.16. The number of esters is 1. The van der Waals surface area contributed by atoms with Crippen molar-refractivity contribution in [3.8, 4) is 5.75 Å². The van der Waals surface area contributed by atoms with Crippen molar-refractivity contribution in [1.82, 2.24) is 0 Å². The molecule has 0 aliphatic carbocycles. The Balaban J connectivity index is 2.37. The number of fused-ring (bicyclic) bond motifs is 1. The second-order valence-electron chi connectivity index (χ2n) is 3.25. The van der Waals surface area contributed by atoms with Crippen LogP contribution in [0, 0.1) is 0 Å². The smallest absolute Gasteiger partial charge is 0.337 e. The summed E-state index contributed by atoms with van der Waals surface area (Å²) in [6.07, 6.45) is 1.75. The Kier molecular flexibility index (Phi) is 2.33. The quantitative estimate of drug-likeness (QED) is 0.553. The minimum absolute atomic E-state index is 0.225. The fourth-order valence-electron chi connectivity index (χ4n) is 1.43. The number of nitrogens with two attached hydrogens (primary N) is 1. The normalized spacial score (nSPS) is 13.5. The van der Waals surface area contributed by atoms with Crippen LogP contribution in [0.5, 0.6) is 5.75 Å². The molecule has 1 aromatic rings. The number of methoxy groups -OCH3 is 1. The molecule has 1 aliphatic heterocycles. The number of carbonyl (C=O) groups is 1. The number of hydrogen-bond acceptors (Lipinski definition) is 4. The molecule has 1 aliphatic rings. The van der Waals surface area contributed by atoms with E-state index in [0.717, 1.165) is 5.56 Å². The van der Waals surface area contributed by atoms with Crippen LogP contribution in [0.25, 0.3) is 6.08 Å². The van der Waals surface area contributed by atoms with E-state index in [1.807, 2.05) is 6.07 Å². The van der Waals surface area contributed by atoms with Crippen LogP contribution in [0.2, 0.25) is 0 Å². The van der Waals surface area contributed by atoms with Gasteiger partial charge < -0.3 is 15.2 Å². The van der Waals surface area contributed by atoms with Gasteiger partial charge in [-0.2, -0.15) is 0 Å². The average molecular weight is 205 g/mol. The number of nitrogen functional groups attached to an aromatic ring is 1. The largest absolute Gasteiger partial charge is 0.488 e. The molecule has 15 heavy (non-hydrogen) atoms. The highest BCUT2D eigenvalue weighted by atomic mass is 16.5. The van der Waals surface area contributed by atoms with Crippen LogP contribution in [-0.2, 0) is 9.53 Å². The molecule has 2 rings (SSSR count). The summed E-state index contributed by atoms with van der Waals surface area (Å²) in [4.78, 5) is 11.2. The Morgan fingerprint density at radius 2 is 2.33 bits per heavy atom. The molecule has 0 aromatic heterocycles. The first-order valence-electron chi connectivity index (χ1n) is 4.52. The van der Waals surface area contributed by atoms with Crippen LogP contribution in [0.1, 0.15) is 5.56 Å². The minimum atomic E-state index is -0.363. The summed E-state index contributed by atoms with van der Waals surface area (Å²) in [5.41, 5.74) is 7.60. The van der Waals surface area contributed by atoms with Crippen molar-refractivity contribution in [2.24, 2.45) is 0 Å². The van der Waals surface area contributed by atoms with Crippen molar-refractivity contribution in [1.29, 1.82) is 0 Å². The van der Waals surface area contributed by atoms with E-state index in [1.54, 1.807) is 18.2 Å². The average Bonchev–Trinajstić information content (AvgIpc) is 2.27. The molecule has 0 radical (unpaired) electrons. The van der Waals surface area contributed by atoms with Gasteiger partial charge in [-0.25, -0.2) is 4.79 Å². The van der Waals surface area contributed by atoms with Crippen LogP contribution >= 0.6 is 0 Å². The second kappa shape index (κ2) is 3.65. The molecular weight excluding hydrogens is 194 g/mol. The van der Waals surface area contributed by atoms with E-state index in [-0.39, 0.29) is 12.6 Å². The fraction of sp³-hybridized carbons (Fsp3) is 0.182. The highest BCUT2D eigenvalue weighted by Crippen LogP contribution is 2.28. The van der Waals surface area contributed by atoms with Gasteiger partial charge in [0, 0.05) is 17.3 Å². The van der Waals surface area contributed by atoms with Crippen LogP contribution in [0.15, 0.2) is 23.8 Å². The number of rotatable bonds is 1. The third kappa shape index (κ3) is 1.79. The molecular formula is C11H11NO3. The Morgan fingerprint density at radius 3 is 3.07 bits per heavy atom. The van der Waals surface area contributed by atoms with Gasteiger partial charge in [-0.15, -0.1) is 0 Å². The summed E-state index contributed by atoms with van der Waals surface area (Å²) in [6.45, 7) is 0.225. The van der Waals surface area contributed by atoms with E-state index < -0.39 is 0 Å². The van der Waals surface area contributed by atoms with Gasteiger partial charge in [0.2, 0.25) is 0 Å². The minimum Gasteiger partial charge on any atom is -0.488 e. The SMILES string of the molecule is COC(=O)C1=Cc2ccc(N)cc2OC1. The lowest BCUT2D eigenvalue weighted by Gasteiger charge is -2.16. The Bertz CT molecular complexity index is 437. The Labute approximate surface area is 87.3 Å². The molecule has 2 N–H and O–H groups in total. The van der Waals surface area contributed by atoms with Crippen molar-refractivity contribution >= 4 is 17.7 Å². The van der Waals surface area contributed by atoms with E-state index in [4.69, 9.17) is 10.5 Å². The summed E-state index contributed by atoms with van der Waals surface area (Å²) in [5, 5.41) is 0. The van der Waals surface area contributed by atoms with Gasteiger partial charge in [0.05, 0.1) is 12.7 Å². The molecule has 0 unspecified atom stereocenters. The maximum Gasteiger partial charge on any atom is 0.337 e. The van der Waals surface area contributed by atoms with E-state index >= 15 is 0 Å². The zero-order chi connectivity index (χ0) is 10.8. The molecule has 78 valence electrons.